The molecule has 3 rings (SSSR count). The molecule has 1 aromatic heterocycles. The van der Waals surface area contributed by atoms with Gasteiger partial charge in [-0.3, -0.25) is 4.79 Å². The minimum absolute atomic E-state index is 0.228. The van der Waals surface area contributed by atoms with E-state index in [0.29, 0.717) is 0 Å². The van der Waals surface area contributed by atoms with Crippen molar-refractivity contribution in [1.29, 1.82) is 0 Å². The van der Waals surface area contributed by atoms with Crippen molar-refractivity contribution in [3.8, 4) is 5.75 Å². The molecule has 1 aromatic carbocycles. The summed E-state index contributed by atoms with van der Waals surface area (Å²) < 4.78 is 44.1. The van der Waals surface area contributed by atoms with Crippen LogP contribution in [0, 0.1) is 13.8 Å². The molecule has 4 nitrogen and oxygen atoms in total. The van der Waals surface area contributed by atoms with Crippen LogP contribution in [0.1, 0.15) is 66.2 Å². The monoisotopic (exact) mass is 541 g/mol. The number of alkyl halides is 3. The zero-order valence-corrected chi connectivity index (χ0v) is 23.1. The van der Waals surface area contributed by atoms with E-state index in [-0.39, 0.29) is 12.4 Å². The van der Waals surface area contributed by atoms with Crippen molar-refractivity contribution in [3.63, 3.8) is 0 Å². The van der Waals surface area contributed by atoms with Crippen molar-refractivity contribution in [1.82, 2.24) is 4.98 Å². The van der Waals surface area contributed by atoms with E-state index >= 15 is 0 Å². The lowest BCUT2D eigenvalue weighted by molar-refractivity contribution is -0.145. The highest BCUT2D eigenvalue weighted by molar-refractivity contribution is 7.98. The fraction of sp³-hybridized carbons (Fsp3) is 0.481. The Labute approximate surface area is 220 Å². The van der Waals surface area contributed by atoms with Gasteiger partial charge in [-0.2, -0.15) is 13.2 Å². The van der Waals surface area contributed by atoms with Gasteiger partial charge >= 0.3 is 12.1 Å². The van der Waals surface area contributed by atoms with Crippen LogP contribution in [0.4, 0.5) is 13.2 Å². The van der Waals surface area contributed by atoms with E-state index in [9.17, 15) is 18.0 Å². The second-order valence-electron chi connectivity index (χ2n) is 8.80. The number of halogens is 3. The Morgan fingerprint density at radius 2 is 2.08 bits per heavy atom. The molecule has 2 aromatic rings. The SMILES string of the molecule is C=CCC(F)(F)F.CC/C=C/c1nc(C)c(CSc2cc(C)c3c(c2)CCC(C)(CC(=O)OC)O3)s1. The van der Waals surface area contributed by atoms with Crippen molar-refractivity contribution in [3.05, 3.63) is 57.6 Å². The lowest BCUT2D eigenvalue weighted by atomic mass is 9.89. The van der Waals surface area contributed by atoms with Crippen LogP contribution >= 0.6 is 23.1 Å². The molecule has 0 aliphatic carbocycles. The van der Waals surface area contributed by atoms with Crippen molar-refractivity contribution in [2.75, 3.05) is 7.11 Å². The van der Waals surface area contributed by atoms with Gasteiger partial charge in [-0.15, -0.1) is 29.7 Å². The molecular formula is C27H34F3NO3S2. The number of fused-ring (bicyclic) bond motifs is 1. The number of hydrogen-bond acceptors (Lipinski definition) is 6. The van der Waals surface area contributed by atoms with Crippen LogP contribution in [0.2, 0.25) is 0 Å². The highest BCUT2D eigenvalue weighted by Gasteiger charge is 2.35. The van der Waals surface area contributed by atoms with Gasteiger partial charge in [0.25, 0.3) is 0 Å². The van der Waals surface area contributed by atoms with E-state index in [2.05, 4.69) is 56.6 Å². The zero-order chi connectivity index (χ0) is 26.9. The molecule has 0 radical (unpaired) electrons. The molecule has 1 aliphatic rings. The van der Waals surface area contributed by atoms with E-state index < -0.39 is 18.2 Å². The van der Waals surface area contributed by atoms with E-state index in [4.69, 9.17) is 9.47 Å². The Kier molecular flexibility index (Phi) is 11.1. The summed E-state index contributed by atoms with van der Waals surface area (Å²) in [5.74, 6) is 1.62. The fourth-order valence-corrected chi connectivity index (χ4v) is 5.81. The molecule has 198 valence electrons. The number of carbonyl (C=O) groups is 1. The maximum atomic E-state index is 11.7. The normalized spacial score (nSPS) is 17.1. The lowest BCUT2D eigenvalue weighted by Crippen LogP contribution is -2.39. The second-order valence-corrected chi connectivity index (χ2v) is 11.0. The van der Waals surface area contributed by atoms with Crippen LogP contribution in [-0.4, -0.2) is 29.8 Å². The number of rotatable bonds is 8. The van der Waals surface area contributed by atoms with Gasteiger partial charge in [-0.05, 0) is 69.4 Å². The van der Waals surface area contributed by atoms with Crippen LogP contribution < -0.4 is 4.74 Å². The van der Waals surface area contributed by atoms with Gasteiger partial charge in [0.2, 0.25) is 0 Å². The third kappa shape index (κ3) is 9.32. The predicted molar refractivity (Wildman–Crippen MR) is 142 cm³/mol. The Balaban J connectivity index is 0.000000572. The number of aromatic nitrogens is 1. The maximum Gasteiger partial charge on any atom is 0.392 e. The number of methoxy groups -OCH3 is 1. The van der Waals surface area contributed by atoms with E-state index in [1.807, 2.05) is 18.7 Å². The van der Waals surface area contributed by atoms with Gasteiger partial charge in [-0.25, -0.2) is 4.98 Å². The molecular weight excluding hydrogens is 507 g/mol. The Hall–Kier alpha value is -2.26. The number of aryl methyl sites for hydroxylation is 3. The maximum absolute atomic E-state index is 11.7. The van der Waals surface area contributed by atoms with E-state index in [1.54, 1.807) is 11.3 Å². The molecule has 2 heterocycles. The standard InChI is InChI=1S/C23H29NO3S2.C4H5F3/c1-6-7-8-20-24-16(3)19(29-20)14-28-18-11-15(2)22-17(12-18)9-10-23(4,27-22)13-21(25)26-5;1-2-3-4(5,6)7/h7-8,11-12H,6,9-10,13-14H2,1-5H3;2H,1,3H2/b8-7+;. The second kappa shape index (κ2) is 13.3. The molecule has 0 saturated heterocycles. The number of thioether (sulfide) groups is 1. The summed E-state index contributed by atoms with van der Waals surface area (Å²) >= 11 is 3.61. The Morgan fingerprint density at radius 3 is 2.67 bits per heavy atom. The minimum atomic E-state index is -4.07. The number of thiazole rings is 1. The quantitative estimate of drug-likeness (QED) is 0.191. The highest BCUT2D eigenvalue weighted by Crippen LogP contribution is 2.40. The van der Waals surface area contributed by atoms with Crippen LogP contribution in [0.5, 0.6) is 5.75 Å². The zero-order valence-electron chi connectivity index (χ0n) is 21.5. The van der Waals surface area contributed by atoms with Gasteiger partial charge in [0.1, 0.15) is 16.4 Å². The van der Waals surface area contributed by atoms with Crippen LogP contribution in [0.3, 0.4) is 0 Å². The average Bonchev–Trinajstić information content (AvgIpc) is 3.15. The molecule has 1 aliphatic heterocycles. The van der Waals surface area contributed by atoms with Crippen LogP contribution in [0.25, 0.3) is 6.08 Å². The first-order valence-corrected chi connectivity index (χ1v) is 13.5. The largest absolute Gasteiger partial charge is 0.486 e. The van der Waals surface area contributed by atoms with Crippen LogP contribution in [-0.2, 0) is 21.7 Å². The molecule has 0 saturated carbocycles. The van der Waals surface area contributed by atoms with Gasteiger partial charge < -0.3 is 9.47 Å². The first-order chi connectivity index (χ1) is 16.9. The van der Waals surface area contributed by atoms with Crippen molar-refractivity contribution in [2.45, 2.75) is 82.2 Å². The summed E-state index contributed by atoms with van der Waals surface area (Å²) in [6, 6.07) is 4.42. The number of ether oxygens (including phenoxy) is 2. The first-order valence-electron chi connectivity index (χ1n) is 11.7. The summed E-state index contributed by atoms with van der Waals surface area (Å²) in [4.78, 5) is 19.0. The molecule has 0 fully saturated rings. The Morgan fingerprint density at radius 1 is 1.36 bits per heavy atom. The molecule has 1 atom stereocenters. The molecule has 0 N–H and O–H groups in total. The molecule has 1 unspecified atom stereocenters. The third-order valence-electron chi connectivity index (χ3n) is 5.49. The number of carbonyl (C=O) groups excluding carboxylic acids is 1. The summed E-state index contributed by atoms with van der Waals surface area (Å²) in [7, 11) is 1.42. The van der Waals surface area contributed by atoms with Crippen molar-refractivity contribution in [2.24, 2.45) is 0 Å². The number of esters is 1. The number of hydrogen-bond donors (Lipinski definition) is 0. The van der Waals surface area contributed by atoms with Gasteiger partial charge in [0.15, 0.2) is 0 Å². The van der Waals surface area contributed by atoms with E-state index in [1.165, 1.54) is 22.4 Å². The molecule has 0 amide bonds. The topological polar surface area (TPSA) is 48.4 Å². The molecule has 0 bridgehead atoms. The number of allylic oxidation sites excluding steroid dienone is 2. The Bertz CT molecular complexity index is 1080. The van der Waals surface area contributed by atoms with Crippen molar-refractivity contribution < 1.29 is 27.4 Å². The fourth-order valence-electron chi connectivity index (χ4n) is 3.61. The van der Waals surface area contributed by atoms with Crippen LogP contribution in [0.15, 0.2) is 35.8 Å². The summed E-state index contributed by atoms with van der Waals surface area (Å²) in [5.41, 5.74) is 2.97. The minimum Gasteiger partial charge on any atom is -0.486 e. The molecule has 36 heavy (non-hydrogen) atoms. The number of nitrogens with zero attached hydrogens (tertiary/aromatic N) is 1. The predicted octanol–water partition coefficient (Wildman–Crippen LogP) is 8.25. The summed E-state index contributed by atoms with van der Waals surface area (Å²) in [6.45, 7) is 11.2. The van der Waals surface area contributed by atoms with Gasteiger partial charge in [0.05, 0.1) is 25.6 Å². The molecule has 9 heteroatoms. The lowest BCUT2D eigenvalue weighted by Gasteiger charge is -2.36. The van der Waals surface area contributed by atoms with Crippen molar-refractivity contribution >= 4 is 35.1 Å². The first kappa shape index (κ1) is 30.0. The highest BCUT2D eigenvalue weighted by atomic mass is 32.2. The molecule has 0 spiro atoms. The summed E-state index contributed by atoms with van der Waals surface area (Å²) in [5, 5.41) is 1.08. The van der Waals surface area contributed by atoms with Gasteiger partial charge in [-0.1, -0.05) is 19.1 Å². The smallest absolute Gasteiger partial charge is 0.392 e. The van der Waals surface area contributed by atoms with E-state index in [0.717, 1.165) is 53.1 Å². The van der Waals surface area contributed by atoms with Gasteiger partial charge in [0, 0.05) is 15.5 Å². The average molecular weight is 542 g/mol. The summed E-state index contributed by atoms with van der Waals surface area (Å²) in [6.07, 6.45) is 3.14. The third-order valence-corrected chi connectivity index (χ3v) is 7.80. The number of benzene rings is 1.